The van der Waals surface area contributed by atoms with Crippen LogP contribution < -0.4 is 10.5 Å². The molecule has 0 spiro atoms. The molecular weight excluding hydrogens is 294 g/mol. The first-order valence-electron chi connectivity index (χ1n) is 6.00. The third-order valence-electron chi connectivity index (χ3n) is 2.79. The lowest BCUT2D eigenvalue weighted by atomic mass is 10.1. The summed E-state index contributed by atoms with van der Waals surface area (Å²) >= 11 is 0. The molecule has 0 unspecified atom stereocenters. The van der Waals surface area contributed by atoms with Crippen LogP contribution in [-0.4, -0.2) is 29.4 Å². The van der Waals surface area contributed by atoms with Crippen LogP contribution in [0.3, 0.4) is 0 Å². The quantitative estimate of drug-likeness (QED) is 0.273. The van der Waals surface area contributed by atoms with Gasteiger partial charge in [-0.2, -0.15) is 0 Å². The maximum absolute atomic E-state index is 12.0. The summed E-state index contributed by atoms with van der Waals surface area (Å²) in [6, 6.07) is 6.65. The van der Waals surface area contributed by atoms with Crippen molar-refractivity contribution in [2.45, 2.75) is 18.5 Å². The first-order valence-corrected chi connectivity index (χ1v) is 7.49. The number of benzene rings is 1. The van der Waals surface area contributed by atoms with E-state index >= 15 is 0 Å². The first-order chi connectivity index (χ1) is 9.92. The Morgan fingerprint density at radius 3 is 2.62 bits per heavy atom. The molecule has 5 N–H and O–H groups in total. The second kappa shape index (κ2) is 5.94. The Morgan fingerprint density at radius 1 is 1.43 bits per heavy atom. The molecule has 21 heavy (non-hydrogen) atoms. The minimum Gasteiger partial charge on any atom is -0.409 e. The highest BCUT2D eigenvalue weighted by atomic mass is 32.2. The molecule has 0 aliphatic heterocycles. The van der Waals surface area contributed by atoms with Gasteiger partial charge in [-0.1, -0.05) is 29.4 Å². The highest BCUT2D eigenvalue weighted by molar-refractivity contribution is 7.89. The molecule has 0 saturated carbocycles. The highest BCUT2D eigenvalue weighted by Gasteiger charge is 2.15. The van der Waals surface area contributed by atoms with Crippen LogP contribution in [0, 0.1) is 6.92 Å². The van der Waals surface area contributed by atoms with Crippen molar-refractivity contribution >= 4 is 15.9 Å². The van der Waals surface area contributed by atoms with Gasteiger partial charge in [0, 0.05) is 12.1 Å². The van der Waals surface area contributed by atoms with Crippen molar-refractivity contribution in [3.05, 3.63) is 47.4 Å². The second-order valence-corrected chi connectivity index (χ2v) is 6.07. The molecule has 0 atom stereocenters. The van der Waals surface area contributed by atoms with E-state index in [1.165, 1.54) is 6.20 Å². The lowest BCUT2D eigenvalue weighted by Gasteiger charge is -2.06. The summed E-state index contributed by atoms with van der Waals surface area (Å²) in [5.41, 5.74) is 6.73. The number of rotatable bonds is 5. The number of oxime groups is 1. The molecular formula is C12H15N5O3S. The number of hydrogen-bond acceptors (Lipinski definition) is 5. The highest BCUT2D eigenvalue weighted by Crippen LogP contribution is 2.08. The minimum absolute atomic E-state index is 0.00457. The van der Waals surface area contributed by atoms with Crippen molar-refractivity contribution in [3.8, 4) is 0 Å². The van der Waals surface area contributed by atoms with E-state index in [1.807, 2.05) is 0 Å². The summed E-state index contributed by atoms with van der Waals surface area (Å²) in [6.07, 6.45) is 1.26. The number of aromatic amines is 1. The zero-order valence-corrected chi connectivity index (χ0v) is 12.1. The molecule has 112 valence electrons. The van der Waals surface area contributed by atoms with Crippen molar-refractivity contribution in [1.82, 2.24) is 14.7 Å². The van der Waals surface area contributed by atoms with E-state index < -0.39 is 10.0 Å². The van der Waals surface area contributed by atoms with Gasteiger partial charge in [0.1, 0.15) is 5.82 Å². The van der Waals surface area contributed by atoms with Gasteiger partial charge in [0.25, 0.3) is 10.0 Å². The summed E-state index contributed by atoms with van der Waals surface area (Å²) in [6.45, 7) is 1.79. The van der Waals surface area contributed by atoms with Gasteiger partial charge in [-0.05, 0) is 12.5 Å². The van der Waals surface area contributed by atoms with Crippen LogP contribution in [-0.2, 0) is 16.6 Å². The van der Waals surface area contributed by atoms with E-state index in [2.05, 4.69) is 19.8 Å². The van der Waals surface area contributed by atoms with Gasteiger partial charge in [-0.25, -0.2) is 18.1 Å². The van der Waals surface area contributed by atoms with E-state index in [-0.39, 0.29) is 17.4 Å². The Bertz CT molecular complexity index is 749. The Hall–Kier alpha value is -2.39. The number of imidazole rings is 1. The number of aryl methyl sites for hydroxylation is 1. The third kappa shape index (κ3) is 3.58. The van der Waals surface area contributed by atoms with Crippen LogP contribution in [0.15, 0.2) is 40.6 Å². The van der Waals surface area contributed by atoms with Crippen LogP contribution in [0.1, 0.15) is 17.0 Å². The number of hydrogen-bond donors (Lipinski definition) is 4. The van der Waals surface area contributed by atoms with Crippen LogP contribution in [0.25, 0.3) is 0 Å². The van der Waals surface area contributed by atoms with Gasteiger partial charge >= 0.3 is 0 Å². The molecule has 0 aliphatic rings. The number of sulfonamides is 1. The number of H-pyrrole nitrogens is 1. The number of nitrogens with zero attached hydrogens (tertiary/aromatic N) is 2. The molecule has 0 radical (unpaired) electrons. The van der Waals surface area contributed by atoms with E-state index in [4.69, 9.17) is 10.9 Å². The Balaban J connectivity index is 2.06. The standard InChI is InChI=1S/C12H15N5O3S/c1-8-14-7-11(16-8)21(19,20)15-6-9-2-4-10(5-3-9)12(13)17-18/h2-5,7,15,18H,6H2,1H3,(H2,13,17)(H,14,16). The lowest BCUT2D eigenvalue weighted by molar-refractivity contribution is 0.318. The molecule has 8 nitrogen and oxygen atoms in total. The summed E-state index contributed by atoms with van der Waals surface area (Å²) in [7, 11) is -3.63. The van der Waals surface area contributed by atoms with Crippen LogP contribution >= 0.6 is 0 Å². The zero-order valence-electron chi connectivity index (χ0n) is 11.2. The summed E-state index contributed by atoms with van der Waals surface area (Å²) in [4.78, 5) is 6.52. The van der Waals surface area contributed by atoms with Gasteiger partial charge in [0.2, 0.25) is 0 Å². The fourth-order valence-corrected chi connectivity index (χ4v) is 2.63. The maximum atomic E-state index is 12.0. The van der Waals surface area contributed by atoms with Gasteiger partial charge in [-0.3, -0.25) is 0 Å². The van der Waals surface area contributed by atoms with E-state index in [0.29, 0.717) is 11.4 Å². The van der Waals surface area contributed by atoms with Crippen molar-refractivity contribution in [3.63, 3.8) is 0 Å². The number of nitrogens with two attached hydrogens (primary N) is 1. The molecule has 1 aromatic carbocycles. The summed E-state index contributed by atoms with van der Waals surface area (Å²) < 4.78 is 26.4. The Morgan fingerprint density at radius 2 is 2.10 bits per heavy atom. The number of nitrogens with one attached hydrogen (secondary N) is 2. The molecule has 0 aliphatic carbocycles. The molecule has 9 heteroatoms. The maximum Gasteiger partial charge on any atom is 0.257 e. The SMILES string of the molecule is Cc1ncc(S(=O)(=O)NCc2ccc(C(N)=NO)cc2)[nH]1. The predicted molar refractivity (Wildman–Crippen MR) is 76.3 cm³/mol. The third-order valence-corrected chi connectivity index (χ3v) is 4.10. The van der Waals surface area contributed by atoms with Crippen molar-refractivity contribution < 1.29 is 13.6 Å². The van der Waals surface area contributed by atoms with Gasteiger partial charge < -0.3 is 15.9 Å². The summed E-state index contributed by atoms with van der Waals surface area (Å²) in [5.74, 6) is 0.522. The molecule has 0 fully saturated rings. The Kier molecular flexibility index (Phi) is 4.24. The zero-order chi connectivity index (χ0) is 15.5. The molecule has 0 saturated heterocycles. The lowest BCUT2D eigenvalue weighted by Crippen LogP contribution is -2.23. The second-order valence-electron chi connectivity index (χ2n) is 4.34. The monoisotopic (exact) mass is 309 g/mol. The van der Waals surface area contributed by atoms with E-state index in [1.54, 1.807) is 31.2 Å². The molecule has 2 aromatic rings. The van der Waals surface area contributed by atoms with Gasteiger partial charge in [0.05, 0.1) is 6.20 Å². The van der Waals surface area contributed by atoms with Crippen molar-refractivity contribution in [2.75, 3.05) is 0 Å². The van der Waals surface area contributed by atoms with Crippen molar-refractivity contribution in [2.24, 2.45) is 10.9 Å². The largest absolute Gasteiger partial charge is 0.409 e. The first kappa shape index (κ1) is 15.0. The van der Waals surface area contributed by atoms with Gasteiger partial charge in [-0.15, -0.1) is 0 Å². The topological polar surface area (TPSA) is 133 Å². The smallest absolute Gasteiger partial charge is 0.257 e. The fourth-order valence-electron chi connectivity index (χ4n) is 1.64. The molecule has 2 rings (SSSR count). The number of amidine groups is 1. The molecule has 1 aromatic heterocycles. The van der Waals surface area contributed by atoms with Gasteiger partial charge in [0.15, 0.2) is 10.9 Å². The van der Waals surface area contributed by atoms with Crippen LogP contribution in [0.4, 0.5) is 0 Å². The molecule has 0 bridgehead atoms. The average Bonchev–Trinajstić information content (AvgIpc) is 2.92. The van der Waals surface area contributed by atoms with Crippen LogP contribution in [0.2, 0.25) is 0 Å². The van der Waals surface area contributed by atoms with Crippen LogP contribution in [0.5, 0.6) is 0 Å². The van der Waals surface area contributed by atoms with Crippen molar-refractivity contribution in [1.29, 1.82) is 0 Å². The van der Waals surface area contributed by atoms with E-state index in [0.717, 1.165) is 5.56 Å². The predicted octanol–water partition coefficient (Wildman–Crippen LogP) is 0.291. The fraction of sp³-hybridized carbons (Fsp3) is 0.167. The minimum atomic E-state index is -3.63. The Labute approximate surface area is 121 Å². The molecule has 1 heterocycles. The summed E-state index contributed by atoms with van der Waals surface area (Å²) in [5, 5.41) is 11.5. The molecule has 0 amide bonds. The number of aromatic nitrogens is 2. The average molecular weight is 309 g/mol. The normalized spacial score (nSPS) is 12.5. The van der Waals surface area contributed by atoms with E-state index in [9.17, 15) is 8.42 Å².